The molecule has 4 nitrogen and oxygen atoms in total. The van der Waals surface area contributed by atoms with E-state index >= 15 is 0 Å². The average Bonchev–Trinajstić information content (AvgIpc) is 2.77. The van der Waals surface area contributed by atoms with E-state index in [1.807, 2.05) is 35.0 Å². The Morgan fingerprint density at radius 2 is 2.25 bits per heavy atom. The monoisotopic (exact) mass is 212 g/mol. The molecule has 0 aromatic carbocycles. The summed E-state index contributed by atoms with van der Waals surface area (Å²) in [5.41, 5.74) is 8.05. The molecule has 0 spiro atoms. The molecule has 2 heterocycles. The molecule has 0 aliphatic carbocycles. The van der Waals surface area contributed by atoms with Gasteiger partial charge in [-0.15, -0.1) is 0 Å². The van der Waals surface area contributed by atoms with Gasteiger partial charge in [0.25, 0.3) is 0 Å². The van der Waals surface area contributed by atoms with Gasteiger partial charge in [-0.3, -0.25) is 0 Å². The van der Waals surface area contributed by atoms with E-state index in [2.05, 4.69) is 11.1 Å². The van der Waals surface area contributed by atoms with Gasteiger partial charge in [0.15, 0.2) is 0 Å². The van der Waals surface area contributed by atoms with Crippen LogP contribution in [0.2, 0.25) is 0 Å². The van der Waals surface area contributed by atoms with Crippen LogP contribution in [0.5, 0.6) is 0 Å². The van der Waals surface area contributed by atoms with Crippen LogP contribution in [-0.2, 0) is 13.1 Å². The van der Waals surface area contributed by atoms with E-state index in [1.54, 1.807) is 6.20 Å². The van der Waals surface area contributed by atoms with Gasteiger partial charge in [-0.1, -0.05) is 6.07 Å². The van der Waals surface area contributed by atoms with Crippen LogP contribution in [0.1, 0.15) is 17.0 Å². The summed E-state index contributed by atoms with van der Waals surface area (Å²) in [5.74, 6) is 0. The summed E-state index contributed by atoms with van der Waals surface area (Å²) < 4.78 is 2.03. The third-order valence-corrected chi connectivity index (χ3v) is 2.47. The second kappa shape index (κ2) is 4.60. The third-order valence-electron chi connectivity index (χ3n) is 2.47. The third kappa shape index (κ3) is 1.95. The number of nitriles is 1. The predicted molar refractivity (Wildman–Crippen MR) is 60.4 cm³/mol. The molecule has 0 radical (unpaired) electrons. The first-order chi connectivity index (χ1) is 7.85. The second-order valence-electron chi connectivity index (χ2n) is 3.45. The van der Waals surface area contributed by atoms with Crippen LogP contribution in [0.15, 0.2) is 36.7 Å². The number of pyridine rings is 1. The van der Waals surface area contributed by atoms with Crippen molar-refractivity contribution in [2.45, 2.75) is 13.1 Å². The molecule has 2 aromatic rings. The molecule has 2 aromatic heterocycles. The van der Waals surface area contributed by atoms with Crippen molar-refractivity contribution in [3.63, 3.8) is 0 Å². The molecular formula is C12H12N4. The molecule has 0 amide bonds. The molecule has 0 aliphatic rings. The number of hydrogen-bond acceptors (Lipinski definition) is 3. The van der Waals surface area contributed by atoms with E-state index in [-0.39, 0.29) is 0 Å². The predicted octanol–water partition coefficient (Wildman–Crippen LogP) is 1.26. The largest absolute Gasteiger partial charge is 0.346 e. The van der Waals surface area contributed by atoms with Crippen LogP contribution in [0.25, 0.3) is 0 Å². The lowest BCUT2D eigenvalue weighted by atomic mass is 10.2. The fourth-order valence-electron chi connectivity index (χ4n) is 1.64. The molecule has 0 aliphatic heterocycles. The van der Waals surface area contributed by atoms with Crippen LogP contribution in [0, 0.1) is 11.3 Å². The minimum atomic E-state index is 0.471. The molecule has 0 atom stereocenters. The van der Waals surface area contributed by atoms with E-state index in [0.29, 0.717) is 18.8 Å². The van der Waals surface area contributed by atoms with Gasteiger partial charge in [0.2, 0.25) is 0 Å². The molecule has 0 saturated heterocycles. The normalized spacial score (nSPS) is 10.0. The SMILES string of the molecule is N#Cc1ncccc1Cn1cccc1CN. The van der Waals surface area contributed by atoms with E-state index in [1.165, 1.54) is 0 Å². The van der Waals surface area contributed by atoms with Crippen molar-refractivity contribution in [2.24, 2.45) is 5.73 Å². The molecule has 0 saturated carbocycles. The first kappa shape index (κ1) is 10.4. The highest BCUT2D eigenvalue weighted by Gasteiger charge is 2.04. The second-order valence-corrected chi connectivity index (χ2v) is 3.45. The Labute approximate surface area is 94.0 Å². The van der Waals surface area contributed by atoms with Gasteiger partial charge in [-0.2, -0.15) is 5.26 Å². The molecule has 2 N–H and O–H groups in total. The average molecular weight is 212 g/mol. The molecule has 4 heteroatoms. The van der Waals surface area contributed by atoms with E-state index in [0.717, 1.165) is 11.3 Å². The van der Waals surface area contributed by atoms with Gasteiger partial charge in [0.1, 0.15) is 11.8 Å². The summed E-state index contributed by atoms with van der Waals surface area (Å²) in [6, 6.07) is 9.76. The molecular weight excluding hydrogens is 200 g/mol. The van der Waals surface area contributed by atoms with Crippen molar-refractivity contribution in [1.82, 2.24) is 9.55 Å². The Balaban J connectivity index is 2.31. The highest BCUT2D eigenvalue weighted by molar-refractivity contribution is 5.31. The zero-order valence-corrected chi connectivity index (χ0v) is 8.80. The lowest BCUT2D eigenvalue weighted by molar-refractivity contribution is 0.739. The first-order valence-electron chi connectivity index (χ1n) is 5.03. The van der Waals surface area contributed by atoms with Gasteiger partial charge >= 0.3 is 0 Å². The van der Waals surface area contributed by atoms with E-state index in [4.69, 9.17) is 11.0 Å². The van der Waals surface area contributed by atoms with Gasteiger partial charge < -0.3 is 10.3 Å². The summed E-state index contributed by atoms with van der Waals surface area (Å²) in [6.45, 7) is 1.13. The van der Waals surface area contributed by atoms with Gasteiger partial charge in [0, 0.05) is 30.2 Å². The molecule has 2 rings (SSSR count). The van der Waals surface area contributed by atoms with Crippen molar-refractivity contribution in [1.29, 1.82) is 5.26 Å². The fraction of sp³-hybridized carbons (Fsp3) is 0.167. The van der Waals surface area contributed by atoms with Crippen LogP contribution >= 0.6 is 0 Å². The van der Waals surface area contributed by atoms with Crippen molar-refractivity contribution in [3.05, 3.63) is 53.6 Å². The topological polar surface area (TPSA) is 67.6 Å². The highest BCUT2D eigenvalue weighted by atomic mass is 15.0. The first-order valence-corrected chi connectivity index (χ1v) is 5.03. The number of hydrogen-bond donors (Lipinski definition) is 1. The molecule has 0 unspecified atom stereocenters. The fourth-order valence-corrected chi connectivity index (χ4v) is 1.64. The summed E-state index contributed by atoms with van der Waals surface area (Å²) in [5, 5.41) is 8.93. The van der Waals surface area contributed by atoms with Gasteiger partial charge in [-0.25, -0.2) is 4.98 Å². The van der Waals surface area contributed by atoms with Crippen molar-refractivity contribution < 1.29 is 0 Å². The Kier molecular flexibility index (Phi) is 2.99. The standard InChI is InChI=1S/C12H12N4/c13-7-11-4-2-6-16(11)9-10-3-1-5-15-12(10)8-14/h1-6H,7,9,13H2. The lowest BCUT2D eigenvalue weighted by Gasteiger charge is -2.08. The number of rotatable bonds is 3. The van der Waals surface area contributed by atoms with Crippen molar-refractivity contribution in [2.75, 3.05) is 0 Å². The number of nitrogens with two attached hydrogens (primary N) is 1. The van der Waals surface area contributed by atoms with Crippen LogP contribution in [0.4, 0.5) is 0 Å². The highest BCUT2D eigenvalue weighted by Crippen LogP contribution is 2.09. The smallest absolute Gasteiger partial charge is 0.145 e. The van der Waals surface area contributed by atoms with Crippen LogP contribution < -0.4 is 5.73 Å². The Hall–Kier alpha value is -2.12. The van der Waals surface area contributed by atoms with Gasteiger partial charge in [-0.05, 0) is 18.2 Å². The maximum Gasteiger partial charge on any atom is 0.145 e. The quantitative estimate of drug-likeness (QED) is 0.832. The van der Waals surface area contributed by atoms with Gasteiger partial charge in [0.05, 0.1) is 6.54 Å². The van der Waals surface area contributed by atoms with Crippen molar-refractivity contribution >= 4 is 0 Å². The Bertz CT molecular complexity index is 522. The summed E-state index contributed by atoms with van der Waals surface area (Å²) in [6.07, 6.45) is 3.58. The zero-order chi connectivity index (χ0) is 11.4. The number of aromatic nitrogens is 2. The molecule has 0 fully saturated rings. The molecule has 0 bridgehead atoms. The van der Waals surface area contributed by atoms with Crippen LogP contribution in [-0.4, -0.2) is 9.55 Å². The van der Waals surface area contributed by atoms with E-state index < -0.39 is 0 Å². The minimum absolute atomic E-state index is 0.471. The van der Waals surface area contributed by atoms with Crippen molar-refractivity contribution in [3.8, 4) is 6.07 Å². The van der Waals surface area contributed by atoms with E-state index in [9.17, 15) is 0 Å². The summed E-state index contributed by atoms with van der Waals surface area (Å²) >= 11 is 0. The summed E-state index contributed by atoms with van der Waals surface area (Å²) in [4.78, 5) is 4.03. The minimum Gasteiger partial charge on any atom is -0.346 e. The van der Waals surface area contributed by atoms with Crippen LogP contribution in [0.3, 0.4) is 0 Å². The Morgan fingerprint density at radius 3 is 3.00 bits per heavy atom. The Morgan fingerprint density at radius 1 is 1.38 bits per heavy atom. The number of nitrogens with zero attached hydrogens (tertiary/aromatic N) is 3. The maximum absolute atomic E-state index is 8.93. The lowest BCUT2D eigenvalue weighted by Crippen LogP contribution is -2.08. The maximum atomic E-state index is 8.93. The molecule has 16 heavy (non-hydrogen) atoms. The zero-order valence-electron chi connectivity index (χ0n) is 8.80. The molecule has 80 valence electrons. The summed E-state index contributed by atoms with van der Waals surface area (Å²) in [7, 11) is 0.